The Labute approximate surface area is 163 Å². The van der Waals surface area contributed by atoms with Crippen molar-refractivity contribution in [3.8, 4) is 0 Å². The molecule has 0 spiro atoms. The van der Waals surface area contributed by atoms with Crippen molar-refractivity contribution in [1.29, 1.82) is 0 Å². The number of hydrogen-bond acceptors (Lipinski definition) is 5. The average molecular weight is 404 g/mol. The summed E-state index contributed by atoms with van der Waals surface area (Å²) in [5.41, 5.74) is 0.170. The number of H-pyrrole nitrogens is 1. The summed E-state index contributed by atoms with van der Waals surface area (Å²) in [6.07, 6.45) is 4.88. The number of aromatic nitrogens is 1. The highest BCUT2D eigenvalue weighted by Gasteiger charge is 2.25. The number of pyridine rings is 1. The highest BCUT2D eigenvalue weighted by Crippen LogP contribution is 2.24. The monoisotopic (exact) mass is 404 g/mol. The van der Waals surface area contributed by atoms with Gasteiger partial charge >= 0.3 is 0 Å². The van der Waals surface area contributed by atoms with Gasteiger partial charge < -0.3 is 10.3 Å². The molecule has 0 saturated heterocycles. The number of sulfonamides is 1. The Balaban J connectivity index is 2.10. The minimum Gasteiger partial charge on any atom is -0.372 e. The number of rotatable bonds is 7. The molecule has 1 aromatic heterocycles. The second-order valence-electron chi connectivity index (χ2n) is 6.56. The van der Waals surface area contributed by atoms with Crippen molar-refractivity contribution >= 4 is 26.8 Å². The van der Waals surface area contributed by atoms with E-state index in [4.69, 9.17) is 0 Å². The topological polar surface area (TPSA) is 103 Å². The van der Waals surface area contributed by atoms with E-state index in [1.165, 1.54) is 33.5 Å². The second kappa shape index (κ2) is 8.15. The van der Waals surface area contributed by atoms with Gasteiger partial charge in [-0.3, -0.25) is 14.5 Å². The molecule has 9 heteroatoms. The van der Waals surface area contributed by atoms with Gasteiger partial charge in [-0.1, -0.05) is 20.3 Å². The number of hydrogen-bond donors (Lipinski definition) is 2. The summed E-state index contributed by atoms with van der Waals surface area (Å²) >= 11 is 0. The van der Waals surface area contributed by atoms with E-state index in [2.05, 4.69) is 10.3 Å². The number of benzene rings is 1. The maximum atomic E-state index is 13.1. The summed E-state index contributed by atoms with van der Waals surface area (Å²) in [6, 6.07) is 5.68. The number of aromatic amines is 1. The first kappa shape index (κ1) is 20.1. The van der Waals surface area contributed by atoms with E-state index < -0.39 is 15.6 Å². The fourth-order valence-electron chi connectivity index (χ4n) is 3.14. The van der Waals surface area contributed by atoms with Gasteiger partial charge in [-0.15, -0.1) is 0 Å². The smallest absolute Gasteiger partial charge is 0.260 e. The second-order valence-corrected chi connectivity index (χ2v) is 8.50. The Hall–Kier alpha value is -2.65. The molecule has 0 saturated carbocycles. The van der Waals surface area contributed by atoms with Crippen LogP contribution in [0.15, 0.2) is 46.4 Å². The van der Waals surface area contributed by atoms with Crippen LogP contribution in [-0.4, -0.2) is 48.3 Å². The molecule has 1 aliphatic heterocycles. The van der Waals surface area contributed by atoms with Gasteiger partial charge in [-0.05, 0) is 24.6 Å². The predicted molar refractivity (Wildman–Crippen MR) is 107 cm³/mol. The molecule has 3 rings (SSSR count). The van der Waals surface area contributed by atoms with Gasteiger partial charge in [0.15, 0.2) is 0 Å². The first-order chi connectivity index (χ1) is 13.4. The number of fused-ring (bicyclic) bond motifs is 1. The van der Waals surface area contributed by atoms with Crippen molar-refractivity contribution in [3.05, 3.63) is 52.6 Å². The number of amides is 1. The summed E-state index contributed by atoms with van der Waals surface area (Å²) in [6.45, 7) is 4.91. The van der Waals surface area contributed by atoms with Crippen LogP contribution in [0.4, 0.5) is 0 Å². The largest absolute Gasteiger partial charge is 0.372 e. The molecule has 2 aromatic rings. The molecule has 0 fully saturated rings. The number of carbonyl (C=O) groups is 1. The predicted octanol–water partition coefficient (Wildman–Crippen LogP) is 1.81. The minimum atomic E-state index is -3.70. The molecule has 1 aliphatic rings. The standard InChI is InChI=1S/C19H24N4O4S/c1-3-5-9-23(4-2)28(26,27)14-6-7-17-15(11-14)16(12-18(24)21-17)19(25)22-10-8-20-13-22/h6-8,10-12,20H,3-5,9,13H2,1-2H3,(H,21,24). The van der Waals surface area contributed by atoms with E-state index in [1.54, 1.807) is 19.3 Å². The molecule has 0 bridgehead atoms. The fourth-order valence-corrected chi connectivity index (χ4v) is 4.66. The molecule has 8 nitrogen and oxygen atoms in total. The first-order valence-corrected chi connectivity index (χ1v) is 10.7. The maximum Gasteiger partial charge on any atom is 0.260 e. The molecule has 2 N–H and O–H groups in total. The van der Waals surface area contributed by atoms with Crippen molar-refractivity contribution in [1.82, 2.24) is 19.5 Å². The Morgan fingerprint density at radius 2 is 2.04 bits per heavy atom. The molecule has 150 valence electrons. The zero-order chi connectivity index (χ0) is 20.3. The maximum absolute atomic E-state index is 13.1. The Morgan fingerprint density at radius 3 is 2.68 bits per heavy atom. The summed E-state index contributed by atoms with van der Waals surface area (Å²) in [4.78, 5) is 29.0. The van der Waals surface area contributed by atoms with Crippen LogP contribution in [0.5, 0.6) is 0 Å². The third-order valence-corrected chi connectivity index (χ3v) is 6.66. The van der Waals surface area contributed by atoms with Crippen LogP contribution in [0, 0.1) is 0 Å². The van der Waals surface area contributed by atoms with E-state index in [9.17, 15) is 18.0 Å². The van der Waals surface area contributed by atoms with Gasteiger partial charge in [0.05, 0.1) is 17.1 Å². The Bertz CT molecular complexity index is 1080. The number of nitrogens with zero attached hydrogens (tertiary/aromatic N) is 2. The first-order valence-electron chi connectivity index (χ1n) is 9.26. The van der Waals surface area contributed by atoms with Gasteiger partial charge in [0.1, 0.15) is 0 Å². The van der Waals surface area contributed by atoms with Crippen LogP contribution in [0.1, 0.15) is 37.0 Å². The van der Waals surface area contributed by atoms with Crippen LogP contribution < -0.4 is 10.9 Å². The van der Waals surface area contributed by atoms with Gasteiger partial charge in [0.2, 0.25) is 15.6 Å². The van der Waals surface area contributed by atoms with Crippen LogP contribution in [0.2, 0.25) is 0 Å². The minimum absolute atomic E-state index is 0.106. The molecule has 1 amide bonds. The summed E-state index contributed by atoms with van der Waals surface area (Å²) in [5.74, 6) is -0.370. The van der Waals surface area contributed by atoms with E-state index in [0.29, 0.717) is 30.7 Å². The van der Waals surface area contributed by atoms with Crippen LogP contribution >= 0.6 is 0 Å². The molecular weight excluding hydrogens is 380 g/mol. The van der Waals surface area contributed by atoms with Crippen LogP contribution in [-0.2, 0) is 10.0 Å². The summed E-state index contributed by atoms with van der Waals surface area (Å²) in [5, 5.41) is 3.30. The van der Waals surface area contributed by atoms with E-state index in [0.717, 1.165) is 12.8 Å². The van der Waals surface area contributed by atoms with Gasteiger partial charge in [0, 0.05) is 42.5 Å². The molecule has 28 heavy (non-hydrogen) atoms. The zero-order valence-electron chi connectivity index (χ0n) is 15.9. The fraction of sp³-hybridized carbons (Fsp3) is 0.368. The normalized spacial score (nSPS) is 14.0. The molecular formula is C19H24N4O4S. The number of carbonyl (C=O) groups excluding carboxylic acids is 1. The molecule has 0 aliphatic carbocycles. The molecule has 0 atom stereocenters. The lowest BCUT2D eigenvalue weighted by molar-refractivity contribution is 0.0830. The van der Waals surface area contributed by atoms with Crippen molar-refractivity contribution in [3.63, 3.8) is 0 Å². The van der Waals surface area contributed by atoms with Crippen LogP contribution in [0.25, 0.3) is 10.9 Å². The number of nitrogens with one attached hydrogen (secondary N) is 2. The van der Waals surface area contributed by atoms with Gasteiger partial charge in [0.25, 0.3) is 5.91 Å². The highest BCUT2D eigenvalue weighted by molar-refractivity contribution is 7.89. The van der Waals surface area contributed by atoms with E-state index in [-0.39, 0.29) is 16.4 Å². The third kappa shape index (κ3) is 3.81. The molecule has 0 unspecified atom stereocenters. The van der Waals surface area contributed by atoms with Crippen molar-refractivity contribution in [2.75, 3.05) is 19.8 Å². The molecule has 1 aromatic carbocycles. The van der Waals surface area contributed by atoms with E-state index >= 15 is 0 Å². The quantitative estimate of drug-likeness (QED) is 0.733. The molecule has 0 radical (unpaired) electrons. The van der Waals surface area contributed by atoms with Crippen molar-refractivity contribution < 1.29 is 13.2 Å². The number of unbranched alkanes of at least 4 members (excludes halogenated alkanes) is 1. The Kier molecular flexibility index (Phi) is 5.85. The average Bonchev–Trinajstić information content (AvgIpc) is 3.21. The highest BCUT2D eigenvalue weighted by atomic mass is 32.2. The van der Waals surface area contributed by atoms with Gasteiger partial charge in [-0.25, -0.2) is 8.42 Å². The molecule has 2 heterocycles. The third-order valence-electron chi connectivity index (χ3n) is 4.69. The van der Waals surface area contributed by atoms with Crippen molar-refractivity contribution in [2.24, 2.45) is 0 Å². The zero-order valence-corrected chi connectivity index (χ0v) is 16.8. The van der Waals surface area contributed by atoms with Gasteiger partial charge in [-0.2, -0.15) is 4.31 Å². The lowest BCUT2D eigenvalue weighted by atomic mass is 10.1. The lowest BCUT2D eigenvalue weighted by Gasteiger charge is -2.21. The SMILES string of the molecule is CCCCN(CC)S(=O)(=O)c1ccc2[nH]c(=O)cc(C(=O)N3C=CNC3)c2c1. The summed E-state index contributed by atoms with van der Waals surface area (Å²) < 4.78 is 27.5. The lowest BCUT2D eigenvalue weighted by Crippen LogP contribution is -2.32. The van der Waals surface area contributed by atoms with E-state index in [1.807, 2.05) is 6.92 Å². The van der Waals surface area contributed by atoms with Crippen molar-refractivity contribution in [2.45, 2.75) is 31.6 Å². The Morgan fingerprint density at radius 1 is 1.25 bits per heavy atom. The summed E-state index contributed by atoms with van der Waals surface area (Å²) in [7, 11) is -3.70. The van der Waals surface area contributed by atoms with Crippen LogP contribution in [0.3, 0.4) is 0 Å².